The summed E-state index contributed by atoms with van der Waals surface area (Å²) in [5, 5.41) is 0. The summed E-state index contributed by atoms with van der Waals surface area (Å²) in [5.41, 5.74) is 0. The molecule has 0 rings (SSSR count). The summed E-state index contributed by atoms with van der Waals surface area (Å²) in [6.45, 7) is 12.2. The summed E-state index contributed by atoms with van der Waals surface area (Å²) in [6, 6.07) is 0. The molecule has 0 aromatic heterocycles. The first-order valence-corrected chi connectivity index (χ1v) is 10.9. The molecule has 0 amide bonds. The molecule has 0 saturated heterocycles. The number of hydrogen-bond donors (Lipinski definition) is 0. The van der Waals surface area contributed by atoms with E-state index < -0.39 is 0 Å². The number of rotatable bonds is 0. The van der Waals surface area contributed by atoms with E-state index in [0.29, 0.717) is 0 Å². The van der Waals surface area contributed by atoms with Crippen LogP contribution >= 0.6 is 13.6 Å². The molecule has 0 radical (unpaired) electrons. The van der Waals surface area contributed by atoms with Crippen LogP contribution in [0.2, 0.25) is 0 Å². The first-order chi connectivity index (χ1) is 5.24. The predicted octanol–water partition coefficient (Wildman–Crippen LogP) is 1.72. The van der Waals surface area contributed by atoms with E-state index in [9.17, 15) is 0 Å². The Kier molecular flexibility index (Phi) is 191. The average molecular weight is 283 g/mol. The molecule has 0 aliphatic carbocycles. The zero-order valence-electron chi connectivity index (χ0n) is 9.95. The molecule has 0 heterocycles. The molecule has 0 aromatic rings. The summed E-state index contributed by atoms with van der Waals surface area (Å²) >= 11 is 4.25. The van der Waals surface area contributed by atoms with Crippen LogP contribution in [0, 0.1) is 12.8 Å². The van der Waals surface area contributed by atoms with E-state index in [4.69, 9.17) is 0 Å². The fourth-order valence-corrected chi connectivity index (χ4v) is 0. The molecule has 0 saturated carbocycles. The van der Waals surface area contributed by atoms with Crippen molar-refractivity contribution in [1.29, 1.82) is 0 Å². The minimum absolute atomic E-state index is 0. The van der Waals surface area contributed by atoms with Crippen molar-refractivity contribution in [2.24, 2.45) is 0 Å². The maximum atomic E-state index is 3.06. The van der Waals surface area contributed by atoms with Crippen LogP contribution in [-0.2, 0) is 16.3 Å². The Morgan fingerprint density at radius 3 is 0.917 bits per heavy atom. The molecule has 0 spiro atoms. The molecule has 0 aliphatic heterocycles. The van der Waals surface area contributed by atoms with Crippen LogP contribution in [0.3, 0.4) is 0 Å². The van der Waals surface area contributed by atoms with Gasteiger partial charge in [0.2, 0.25) is 0 Å². The quantitative estimate of drug-likeness (QED) is 0.469. The average Bonchev–Trinajstić information content (AvgIpc) is 1.96. The fourth-order valence-electron chi connectivity index (χ4n) is 0. The van der Waals surface area contributed by atoms with Crippen LogP contribution in [0.5, 0.6) is 0 Å². The van der Waals surface area contributed by atoms with E-state index in [1.54, 1.807) is 0 Å². The van der Waals surface area contributed by atoms with Crippen molar-refractivity contribution in [2.75, 3.05) is 0 Å². The van der Waals surface area contributed by atoms with Crippen molar-refractivity contribution in [3.05, 3.63) is 12.8 Å². The second-order valence-corrected chi connectivity index (χ2v) is 1.86. The van der Waals surface area contributed by atoms with Gasteiger partial charge in [0, 0.05) is 0 Å². The molecule has 0 aromatic carbocycles. The van der Waals surface area contributed by atoms with Crippen LogP contribution in [-0.4, -0.2) is 0 Å². The Hall–Kier alpha value is 1.70. The van der Waals surface area contributed by atoms with Crippen molar-refractivity contribution in [1.82, 2.24) is 0 Å². The van der Waals surface area contributed by atoms with E-state index in [0.717, 1.165) is 0 Å². The van der Waals surface area contributed by atoms with E-state index in [2.05, 4.69) is 27.5 Å². The zero-order chi connectivity index (χ0) is 10.1. The molecule has 12 heavy (non-hydrogen) atoms. The molecule has 68 valence electrons. The molecular formula is C9H22BrLiZn. The molecule has 0 fully saturated rings. The molecule has 3 heteroatoms. The van der Waals surface area contributed by atoms with Gasteiger partial charge in [-0.05, 0) is 0 Å². The third kappa shape index (κ3) is 463. The standard InChI is InChI=1S/C3H8.2C3H7.BrH.Li.Zn/c3*1-3-2;;;/h3H2,1-2H3;2*3H,1-2H3;1H;;/q;2*-1;;+1;+2/p-1. The van der Waals surface area contributed by atoms with Gasteiger partial charge in [0.25, 0.3) is 0 Å². The van der Waals surface area contributed by atoms with Crippen LogP contribution in [0.1, 0.15) is 48.0 Å². The Balaban J connectivity index is -0.0000000179. The molecular weight excluding hydrogens is 260 g/mol. The third-order valence-corrected chi connectivity index (χ3v) is 0. The van der Waals surface area contributed by atoms with Gasteiger partial charge in [0.1, 0.15) is 0 Å². The van der Waals surface area contributed by atoms with Crippen molar-refractivity contribution in [3.8, 4) is 0 Å². The Morgan fingerprint density at radius 1 is 0.917 bits per heavy atom. The summed E-state index contributed by atoms with van der Waals surface area (Å²) < 4.78 is 0. The van der Waals surface area contributed by atoms with Crippen molar-refractivity contribution in [2.45, 2.75) is 48.0 Å². The first-order valence-electron chi connectivity index (χ1n) is 3.99. The van der Waals surface area contributed by atoms with Crippen molar-refractivity contribution >= 4 is 13.6 Å². The topological polar surface area (TPSA) is 0 Å². The van der Waals surface area contributed by atoms with Gasteiger partial charge < -0.3 is 12.8 Å². The van der Waals surface area contributed by atoms with E-state index in [1.165, 1.54) is 22.8 Å². The van der Waals surface area contributed by atoms with Gasteiger partial charge in [-0.2, -0.15) is 27.7 Å². The molecule has 0 unspecified atom stereocenters. The second-order valence-electron chi connectivity index (χ2n) is 1.86. The summed E-state index contributed by atoms with van der Waals surface area (Å²) in [6.07, 6.45) is 5.25. The van der Waals surface area contributed by atoms with Crippen LogP contribution < -0.4 is 18.9 Å². The molecule has 0 bridgehead atoms. The van der Waals surface area contributed by atoms with E-state index >= 15 is 0 Å². The Bertz CT molecular complexity index is 19.2. The van der Waals surface area contributed by atoms with Crippen molar-refractivity contribution < 1.29 is 35.2 Å². The molecule has 0 N–H and O–H groups in total. The number of hydrogen-bond acceptors (Lipinski definition) is 0. The predicted molar refractivity (Wildman–Crippen MR) is 56.2 cm³/mol. The van der Waals surface area contributed by atoms with E-state index in [1.807, 2.05) is 40.5 Å². The first kappa shape index (κ1) is 29.2. The molecule has 0 aliphatic rings. The summed E-state index contributed by atoms with van der Waals surface area (Å²) in [7, 11) is 0. The summed E-state index contributed by atoms with van der Waals surface area (Å²) in [4.78, 5) is 0. The minimum atomic E-state index is 0. The maximum absolute atomic E-state index is 3.06. The number of halogens is 1. The normalized spacial score (nSPS) is 5.08. The Morgan fingerprint density at radius 2 is 0.917 bits per heavy atom. The SMILES string of the molecule is CCC.C[CH-]C.C[CH-]C.[Li+].[Zn+][Br]. The van der Waals surface area contributed by atoms with Crippen LogP contribution in [0.4, 0.5) is 0 Å². The summed E-state index contributed by atoms with van der Waals surface area (Å²) in [5.74, 6) is 0. The Labute approximate surface area is 109 Å². The molecule has 0 nitrogen and oxygen atoms in total. The zero-order valence-corrected chi connectivity index (χ0v) is 14.5. The fraction of sp³-hybridized carbons (Fsp3) is 0.778. The van der Waals surface area contributed by atoms with Crippen LogP contribution in [0.15, 0.2) is 0 Å². The van der Waals surface area contributed by atoms with Gasteiger partial charge >= 0.3 is 48.8 Å². The monoisotopic (exact) mass is 280 g/mol. The van der Waals surface area contributed by atoms with E-state index in [-0.39, 0.29) is 18.9 Å². The van der Waals surface area contributed by atoms with Gasteiger partial charge in [-0.1, -0.05) is 20.3 Å². The molecule has 0 atom stereocenters. The van der Waals surface area contributed by atoms with Gasteiger partial charge in [0.05, 0.1) is 0 Å². The van der Waals surface area contributed by atoms with Gasteiger partial charge in [0.15, 0.2) is 0 Å². The van der Waals surface area contributed by atoms with Crippen LogP contribution in [0.25, 0.3) is 0 Å². The van der Waals surface area contributed by atoms with Gasteiger partial charge in [-0.3, -0.25) is 0 Å². The van der Waals surface area contributed by atoms with Gasteiger partial charge in [-0.25, -0.2) is 0 Å². The second kappa shape index (κ2) is 78.7. The third-order valence-electron chi connectivity index (χ3n) is 0. The van der Waals surface area contributed by atoms with Gasteiger partial charge in [-0.15, -0.1) is 0 Å². The van der Waals surface area contributed by atoms with Crippen molar-refractivity contribution in [3.63, 3.8) is 0 Å².